The van der Waals surface area contributed by atoms with Gasteiger partial charge in [0.2, 0.25) is 0 Å². The fraction of sp³-hybridized carbons (Fsp3) is 0.417. The fourth-order valence-corrected chi connectivity index (χ4v) is 1.59. The summed E-state index contributed by atoms with van der Waals surface area (Å²) in [6.45, 7) is 2.00. The van der Waals surface area contributed by atoms with Crippen molar-refractivity contribution in [1.82, 2.24) is 5.48 Å². The summed E-state index contributed by atoms with van der Waals surface area (Å²) in [6, 6.07) is 3.57. The van der Waals surface area contributed by atoms with Crippen molar-refractivity contribution < 1.29 is 14.4 Å². The van der Waals surface area contributed by atoms with Gasteiger partial charge in [-0.05, 0) is 24.6 Å². The van der Waals surface area contributed by atoms with Gasteiger partial charge in [-0.3, -0.25) is 10.0 Å². The van der Waals surface area contributed by atoms with Gasteiger partial charge < -0.3 is 11.1 Å². The Morgan fingerprint density at radius 1 is 1.56 bits per heavy atom. The molecule has 1 aromatic rings. The smallest absolute Gasteiger partial charge is 0.265 e. The molecule has 0 aliphatic heterocycles. The highest BCUT2D eigenvalue weighted by Crippen LogP contribution is 2.18. The van der Waals surface area contributed by atoms with Crippen LogP contribution in [0.5, 0.6) is 0 Å². The third-order valence-electron chi connectivity index (χ3n) is 2.61. The Morgan fingerprint density at radius 2 is 2.28 bits per heavy atom. The van der Waals surface area contributed by atoms with Gasteiger partial charge in [-0.1, -0.05) is 19.8 Å². The normalized spacial score (nSPS) is 11.9. The van der Waals surface area contributed by atoms with E-state index in [1.165, 1.54) is 18.2 Å². The number of carbonyl (C=O) groups is 1. The molecule has 0 aliphatic rings. The summed E-state index contributed by atoms with van der Waals surface area (Å²) in [5, 5.41) is 11.6. The van der Waals surface area contributed by atoms with Gasteiger partial charge >= 0.3 is 0 Å². The van der Waals surface area contributed by atoms with E-state index >= 15 is 0 Å². The van der Waals surface area contributed by atoms with Gasteiger partial charge in [0.05, 0.1) is 5.69 Å². The van der Waals surface area contributed by atoms with Crippen molar-refractivity contribution in [2.24, 2.45) is 0 Å². The first-order valence-corrected chi connectivity index (χ1v) is 5.84. The molecule has 6 heteroatoms. The van der Waals surface area contributed by atoms with Crippen molar-refractivity contribution in [3.8, 4) is 0 Å². The first-order chi connectivity index (χ1) is 8.58. The van der Waals surface area contributed by atoms with Gasteiger partial charge in [0, 0.05) is 5.69 Å². The first kappa shape index (κ1) is 14.2. The minimum atomic E-state index is -0.570. The molecule has 5 nitrogen and oxygen atoms in total. The number of hydrogen-bond donors (Lipinski definition) is 4. The number of amides is 1. The lowest BCUT2D eigenvalue weighted by molar-refractivity contribution is -0.130. The maximum Gasteiger partial charge on any atom is 0.265 e. The maximum absolute atomic E-state index is 13.0. The first-order valence-electron chi connectivity index (χ1n) is 5.84. The molecular formula is C12H18FN3O2. The predicted molar refractivity (Wildman–Crippen MR) is 67.7 cm³/mol. The Labute approximate surface area is 105 Å². The quantitative estimate of drug-likeness (QED) is 0.355. The van der Waals surface area contributed by atoms with Crippen LogP contribution in [0.3, 0.4) is 0 Å². The summed E-state index contributed by atoms with van der Waals surface area (Å²) < 4.78 is 13.0. The Kier molecular flexibility index (Phi) is 5.38. The van der Waals surface area contributed by atoms with Crippen molar-refractivity contribution in [2.45, 2.75) is 32.2 Å². The molecule has 1 unspecified atom stereocenters. The molecular weight excluding hydrogens is 237 g/mol. The largest absolute Gasteiger partial charge is 0.396 e. The van der Waals surface area contributed by atoms with E-state index in [4.69, 9.17) is 10.9 Å². The number of hydrogen-bond acceptors (Lipinski definition) is 4. The zero-order chi connectivity index (χ0) is 13.5. The maximum atomic E-state index is 13.0. The van der Waals surface area contributed by atoms with Gasteiger partial charge in [-0.25, -0.2) is 9.87 Å². The Bertz CT molecular complexity index is 412. The SMILES string of the molecule is CCCCC(Nc1ccc(F)c(N)c1)C(=O)NO. The van der Waals surface area contributed by atoms with E-state index < -0.39 is 17.8 Å². The molecule has 5 N–H and O–H groups in total. The van der Waals surface area contributed by atoms with Crippen LogP contribution in [0.4, 0.5) is 15.8 Å². The third kappa shape index (κ3) is 3.89. The van der Waals surface area contributed by atoms with E-state index in [0.29, 0.717) is 12.1 Å². The van der Waals surface area contributed by atoms with Crippen LogP contribution in [-0.2, 0) is 4.79 Å². The molecule has 1 amide bonds. The third-order valence-corrected chi connectivity index (χ3v) is 2.61. The molecule has 0 radical (unpaired) electrons. The predicted octanol–water partition coefficient (Wildman–Crippen LogP) is 1.88. The van der Waals surface area contributed by atoms with E-state index in [1.54, 1.807) is 5.48 Å². The highest BCUT2D eigenvalue weighted by molar-refractivity contribution is 5.83. The van der Waals surface area contributed by atoms with E-state index in [9.17, 15) is 9.18 Å². The number of nitrogens with two attached hydrogens (primary N) is 1. The zero-order valence-electron chi connectivity index (χ0n) is 10.2. The molecule has 0 bridgehead atoms. The number of benzene rings is 1. The van der Waals surface area contributed by atoms with Gasteiger partial charge in [0.1, 0.15) is 11.9 Å². The number of carbonyl (C=O) groups excluding carboxylic acids is 1. The lowest BCUT2D eigenvalue weighted by atomic mass is 10.1. The standard InChI is InChI=1S/C12H18FN3O2/c1-2-3-4-11(12(17)16-18)15-8-5-6-9(13)10(14)7-8/h5-7,11,15,18H,2-4,14H2,1H3,(H,16,17). The summed E-state index contributed by atoms with van der Waals surface area (Å²) >= 11 is 0. The number of unbranched alkanes of at least 4 members (excludes halogenated alkanes) is 1. The second kappa shape index (κ2) is 6.80. The number of hydroxylamine groups is 1. The minimum absolute atomic E-state index is 0.0126. The van der Waals surface area contributed by atoms with Crippen LogP contribution in [-0.4, -0.2) is 17.2 Å². The summed E-state index contributed by atoms with van der Waals surface area (Å²) in [5.41, 5.74) is 7.61. The molecule has 100 valence electrons. The van der Waals surface area contributed by atoms with Crippen molar-refractivity contribution >= 4 is 17.3 Å². The van der Waals surface area contributed by atoms with Crippen LogP contribution < -0.4 is 16.5 Å². The Morgan fingerprint density at radius 3 is 2.83 bits per heavy atom. The number of rotatable bonds is 6. The average Bonchev–Trinajstić information content (AvgIpc) is 2.37. The van der Waals surface area contributed by atoms with Gasteiger partial charge in [0.25, 0.3) is 5.91 Å². The molecule has 18 heavy (non-hydrogen) atoms. The van der Waals surface area contributed by atoms with Crippen LogP contribution in [0.2, 0.25) is 0 Å². The molecule has 1 atom stereocenters. The van der Waals surface area contributed by atoms with Crippen molar-refractivity contribution in [3.05, 3.63) is 24.0 Å². The molecule has 0 heterocycles. The van der Waals surface area contributed by atoms with Crippen LogP contribution >= 0.6 is 0 Å². The molecule has 1 rings (SSSR count). The second-order valence-electron chi connectivity index (χ2n) is 4.05. The van der Waals surface area contributed by atoms with E-state index in [0.717, 1.165) is 12.8 Å². The highest BCUT2D eigenvalue weighted by atomic mass is 19.1. The number of halogens is 1. The molecule has 0 aromatic heterocycles. The van der Waals surface area contributed by atoms with Crippen molar-refractivity contribution in [1.29, 1.82) is 0 Å². The second-order valence-corrected chi connectivity index (χ2v) is 4.05. The van der Waals surface area contributed by atoms with E-state index in [1.807, 2.05) is 6.92 Å². The molecule has 1 aromatic carbocycles. The number of nitrogens with one attached hydrogen (secondary N) is 2. The lowest BCUT2D eigenvalue weighted by Crippen LogP contribution is -2.38. The summed E-state index contributed by atoms with van der Waals surface area (Å²) in [6.07, 6.45) is 2.34. The number of anilines is 2. The summed E-state index contributed by atoms with van der Waals surface area (Å²) in [4.78, 5) is 11.4. The van der Waals surface area contributed by atoms with Crippen LogP contribution in [0.1, 0.15) is 26.2 Å². The van der Waals surface area contributed by atoms with E-state index in [2.05, 4.69) is 5.32 Å². The minimum Gasteiger partial charge on any atom is -0.396 e. The number of nitrogen functional groups attached to an aromatic ring is 1. The average molecular weight is 255 g/mol. The zero-order valence-corrected chi connectivity index (χ0v) is 10.2. The molecule has 0 fully saturated rings. The topological polar surface area (TPSA) is 87.4 Å². The van der Waals surface area contributed by atoms with Crippen LogP contribution in [0, 0.1) is 5.82 Å². The summed E-state index contributed by atoms with van der Waals surface area (Å²) in [5.74, 6) is -1.02. The highest BCUT2D eigenvalue weighted by Gasteiger charge is 2.17. The van der Waals surface area contributed by atoms with Crippen LogP contribution in [0.25, 0.3) is 0 Å². The monoisotopic (exact) mass is 255 g/mol. The molecule has 0 saturated carbocycles. The van der Waals surface area contributed by atoms with Gasteiger partial charge in [-0.2, -0.15) is 0 Å². The van der Waals surface area contributed by atoms with E-state index in [-0.39, 0.29) is 5.69 Å². The molecule has 0 saturated heterocycles. The molecule has 0 aliphatic carbocycles. The van der Waals surface area contributed by atoms with Gasteiger partial charge in [-0.15, -0.1) is 0 Å². The van der Waals surface area contributed by atoms with Gasteiger partial charge in [0.15, 0.2) is 0 Å². The van der Waals surface area contributed by atoms with Crippen molar-refractivity contribution in [3.63, 3.8) is 0 Å². The lowest BCUT2D eigenvalue weighted by Gasteiger charge is -2.18. The van der Waals surface area contributed by atoms with Crippen molar-refractivity contribution in [2.75, 3.05) is 11.1 Å². The fourth-order valence-electron chi connectivity index (χ4n) is 1.59. The Balaban J connectivity index is 2.75. The Hall–Kier alpha value is -1.82. The molecule has 0 spiro atoms. The summed E-state index contributed by atoms with van der Waals surface area (Å²) in [7, 11) is 0. The van der Waals surface area contributed by atoms with Crippen LogP contribution in [0.15, 0.2) is 18.2 Å².